The van der Waals surface area contributed by atoms with Crippen molar-refractivity contribution in [3.05, 3.63) is 65.7 Å². The molecule has 0 bridgehead atoms. The number of para-hydroxylation sites is 1. The molecule has 2 heterocycles. The van der Waals surface area contributed by atoms with Crippen molar-refractivity contribution < 1.29 is 13.2 Å². The first-order valence-electron chi connectivity index (χ1n) is 10.5. The zero-order valence-corrected chi connectivity index (χ0v) is 18.9. The molecule has 1 aromatic heterocycles. The van der Waals surface area contributed by atoms with Crippen molar-refractivity contribution in [1.29, 1.82) is 0 Å². The average Bonchev–Trinajstić information content (AvgIpc) is 2.77. The third-order valence-electron chi connectivity index (χ3n) is 5.81. The van der Waals surface area contributed by atoms with Gasteiger partial charge in [-0.1, -0.05) is 56.3 Å². The first-order valence-corrected chi connectivity index (χ1v) is 12.3. The van der Waals surface area contributed by atoms with Crippen LogP contribution in [0.4, 0.5) is 0 Å². The van der Waals surface area contributed by atoms with Gasteiger partial charge in [0.2, 0.25) is 10.0 Å². The molecule has 0 saturated carbocycles. The Morgan fingerprint density at radius 3 is 2.23 bits per heavy atom. The number of rotatable bonds is 4. The molecule has 162 valence electrons. The number of fused-ring (bicyclic) bond motifs is 1. The first kappa shape index (κ1) is 21.5. The third-order valence-corrected chi connectivity index (χ3v) is 7.12. The van der Waals surface area contributed by atoms with Crippen LogP contribution in [0.25, 0.3) is 22.2 Å². The number of sulfonamides is 1. The molecule has 0 unspecified atom stereocenters. The predicted octanol–water partition coefficient (Wildman–Crippen LogP) is 3.74. The summed E-state index contributed by atoms with van der Waals surface area (Å²) in [5, 5.41) is 0.806. The number of hydrogen-bond acceptors (Lipinski definition) is 4. The fourth-order valence-electron chi connectivity index (χ4n) is 3.93. The molecule has 0 spiro atoms. The van der Waals surface area contributed by atoms with Gasteiger partial charge in [0.25, 0.3) is 5.91 Å². The van der Waals surface area contributed by atoms with Crippen LogP contribution in [0.1, 0.15) is 35.7 Å². The molecule has 1 fully saturated rings. The molecule has 4 rings (SSSR count). The van der Waals surface area contributed by atoms with E-state index in [-0.39, 0.29) is 5.91 Å². The number of aromatic nitrogens is 1. The Bertz CT molecular complexity index is 1210. The van der Waals surface area contributed by atoms with Crippen LogP contribution in [0.3, 0.4) is 0 Å². The SMILES string of the molecule is CC(C)c1ccc(-c2cc(C(=O)N3CCN(S(C)(=O)=O)CC3)c3ccccc3n2)cc1. The highest BCUT2D eigenvalue weighted by Gasteiger charge is 2.27. The van der Waals surface area contributed by atoms with Crippen molar-refractivity contribution in [1.82, 2.24) is 14.2 Å². The number of carbonyl (C=O) groups is 1. The van der Waals surface area contributed by atoms with Gasteiger partial charge in [-0.05, 0) is 23.6 Å². The number of pyridine rings is 1. The summed E-state index contributed by atoms with van der Waals surface area (Å²) in [5.41, 5.74) is 4.34. The van der Waals surface area contributed by atoms with Gasteiger partial charge in [-0.25, -0.2) is 13.4 Å². The second-order valence-corrected chi connectivity index (χ2v) is 10.3. The lowest BCUT2D eigenvalue weighted by atomic mass is 9.99. The van der Waals surface area contributed by atoms with E-state index in [4.69, 9.17) is 4.98 Å². The van der Waals surface area contributed by atoms with Crippen LogP contribution in [0.5, 0.6) is 0 Å². The summed E-state index contributed by atoms with van der Waals surface area (Å²) in [6, 6.07) is 17.8. The minimum atomic E-state index is -3.24. The Labute approximate surface area is 183 Å². The second-order valence-electron chi connectivity index (χ2n) is 8.30. The van der Waals surface area contributed by atoms with E-state index in [1.165, 1.54) is 16.1 Å². The molecule has 6 nitrogen and oxygen atoms in total. The highest BCUT2D eigenvalue weighted by Crippen LogP contribution is 2.27. The molecule has 2 aromatic carbocycles. The van der Waals surface area contributed by atoms with Gasteiger partial charge >= 0.3 is 0 Å². The minimum absolute atomic E-state index is 0.0909. The van der Waals surface area contributed by atoms with Crippen molar-refractivity contribution >= 4 is 26.8 Å². The Hall–Kier alpha value is -2.77. The van der Waals surface area contributed by atoms with Crippen LogP contribution in [0, 0.1) is 0 Å². The van der Waals surface area contributed by atoms with E-state index in [1.54, 1.807) is 4.90 Å². The van der Waals surface area contributed by atoms with E-state index in [9.17, 15) is 13.2 Å². The van der Waals surface area contributed by atoms with Crippen molar-refractivity contribution in [2.24, 2.45) is 0 Å². The van der Waals surface area contributed by atoms with Crippen molar-refractivity contribution in [3.8, 4) is 11.3 Å². The lowest BCUT2D eigenvalue weighted by molar-refractivity contribution is 0.0700. The van der Waals surface area contributed by atoms with Gasteiger partial charge in [-0.2, -0.15) is 4.31 Å². The maximum absolute atomic E-state index is 13.4. The molecule has 1 amide bonds. The van der Waals surface area contributed by atoms with Crippen molar-refractivity contribution in [2.45, 2.75) is 19.8 Å². The Kier molecular flexibility index (Phi) is 5.81. The molecule has 3 aromatic rings. The van der Waals surface area contributed by atoms with E-state index in [0.29, 0.717) is 37.7 Å². The quantitative estimate of drug-likeness (QED) is 0.623. The zero-order valence-electron chi connectivity index (χ0n) is 18.1. The van der Waals surface area contributed by atoms with Crippen molar-refractivity contribution in [3.63, 3.8) is 0 Å². The van der Waals surface area contributed by atoms with Gasteiger partial charge in [0.05, 0.1) is 23.0 Å². The fourth-order valence-corrected chi connectivity index (χ4v) is 4.76. The molecule has 1 aliphatic heterocycles. The standard InChI is InChI=1S/C24H27N3O3S/c1-17(2)18-8-10-19(11-9-18)23-16-21(20-6-4-5-7-22(20)25-23)24(28)26-12-14-27(15-13-26)31(3,29)30/h4-11,16-17H,12-15H2,1-3H3. The summed E-state index contributed by atoms with van der Waals surface area (Å²) < 4.78 is 25.0. The normalized spacial score (nSPS) is 15.5. The van der Waals surface area contributed by atoms with Crippen LogP contribution in [-0.4, -0.2) is 60.9 Å². The second kappa shape index (κ2) is 8.40. The largest absolute Gasteiger partial charge is 0.336 e. The molecular weight excluding hydrogens is 410 g/mol. The number of hydrogen-bond donors (Lipinski definition) is 0. The Balaban J connectivity index is 1.69. The van der Waals surface area contributed by atoms with Gasteiger partial charge in [0, 0.05) is 37.1 Å². The summed E-state index contributed by atoms with van der Waals surface area (Å²) in [6.07, 6.45) is 1.21. The molecular formula is C24H27N3O3S. The Morgan fingerprint density at radius 2 is 1.61 bits per heavy atom. The van der Waals surface area contributed by atoms with Gasteiger partial charge in [-0.15, -0.1) is 0 Å². The average molecular weight is 438 g/mol. The molecule has 0 atom stereocenters. The van der Waals surface area contributed by atoms with Gasteiger partial charge < -0.3 is 4.90 Å². The minimum Gasteiger partial charge on any atom is -0.336 e. The maximum atomic E-state index is 13.4. The highest BCUT2D eigenvalue weighted by molar-refractivity contribution is 7.88. The monoisotopic (exact) mass is 437 g/mol. The number of carbonyl (C=O) groups excluding carboxylic acids is 1. The summed E-state index contributed by atoms with van der Waals surface area (Å²) in [6.45, 7) is 5.70. The van der Waals surface area contributed by atoms with Crippen LogP contribution in [-0.2, 0) is 10.0 Å². The van der Waals surface area contributed by atoms with E-state index in [0.717, 1.165) is 22.2 Å². The summed E-state index contributed by atoms with van der Waals surface area (Å²) in [7, 11) is -3.24. The van der Waals surface area contributed by atoms with Gasteiger partial charge in [0.15, 0.2) is 0 Å². The Morgan fingerprint density at radius 1 is 0.968 bits per heavy atom. The van der Waals surface area contributed by atoms with E-state index >= 15 is 0 Å². The van der Waals surface area contributed by atoms with Crippen LogP contribution < -0.4 is 0 Å². The summed E-state index contributed by atoms with van der Waals surface area (Å²) in [5.74, 6) is 0.355. The predicted molar refractivity (Wildman–Crippen MR) is 124 cm³/mol. The summed E-state index contributed by atoms with van der Waals surface area (Å²) in [4.78, 5) is 20.0. The first-order chi connectivity index (χ1) is 14.7. The van der Waals surface area contributed by atoms with E-state index < -0.39 is 10.0 Å². The molecule has 0 N–H and O–H groups in total. The smallest absolute Gasteiger partial charge is 0.254 e. The van der Waals surface area contributed by atoms with Crippen molar-refractivity contribution in [2.75, 3.05) is 32.4 Å². The molecule has 0 radical (unpaired) electrons. The topological polar surface area (TPSA) is 70.6 Å². The van der Waals surface area contributed by atoms with E-state index in [2.05, 4.69) is 26.0 Å². The van der Waals surface area contributed by atoms with Crippen LogP contribution in [0.2, 0.25) is 0 Å². The maximum Gasteiger partial charge on any atom is 0.254 e. The zero-order chi connectivity index (χ0) is 22.2. The van der Waals surface area contributed by atoms with E-state index in [1.807, 2.05) is 42.5 Å². The van der Waals surface area contributed by atoms with Gasteiger partial charge in [0.1, 0.15) is 0 Å². The van der Waals surface area contributed by atoms with Gasteiger partial charge in [-0.3, -0.25) is 4.79 Å². The number of nitrogens with zero attached hydrogens (tertiary/aromatic N) is 3. The lowest BCUT2D eigenvalue weighted by Crippen LogP contribution is -2.50. The molecule has 31 heavy (non-hydrogen) atoms. The van der Waals surface area contributed by atoms with Crippen LogP contribution >= 0.6 is 0 Å². The molecule has 1 aliphatic rings. The number of benzene rings is 2. The molecule has 7 heteroatoms. The number of amides is 1. The molecule has 0 aliphatic carbocycles. The third kappa shape index (κ3) is 4.48. The lowest BCUT2D eigenvalue weighted by Gasteiger charge is -2.33. The highest BCUT2D eigenvalue weighted by atomic mass is 32.2. The number of piperazine rings is 1. The molecule has 1 saturated heterocycles. The fraction of sp³-hybridized carbons (Fsp3) is 0.333. The summed E-state index contributed by atoms with van der Waals surface area (Å²) >= 11 is 0. The van der Waals surface area contributed by atoms with Crippen LogP contribution in [0.15, 0.2) is 54.6 Å².